The predicted molar refractivity (Wildman–Crippen MR) is 26.2 cm³/mol. The van der Waals surface area contributed by atoms with Gasteiger partial charge in [-0.1, -0.05) is 0 Å². The summed E-state index contributed by atoms with van der Waals surface area (Å²) in [7, 11) is 0. The van der Waals surface area contributed by atoms with Gasteiger partial charge in [0.2, 0.25) is 0 Å². The van der Waals surface area contributed by atoms with Crippen molar-refractivity contribution in [3.8, 4) is 0 Å². The van der Waals surface area contributed by atoms with Crippen LogP contribution in [0.25, 0.3) is 0 Å². The van der Waals surface area contributed by atoms with Crippen molar-refractivity contribution in [3.63, 3.8) is 0 Å². The molecule has 7 heteroatoms. The van der Waals surface area contributed by atoms with Crippen molar-refractivity contribution in [1.82, 2.24) is 0 Å². The SMILES string of the molecule is O=C(Cl)C(=C(F)F)C(F)(F)F. The highest BCUT2D eigenvalue weighted by molar-refractivity contribution is 6.67. The molecule has 0 N–H and O–H groups in total. The zero-order chi connectivity index (χ0) is 9.23. The largest absolute Gasteiger partial charge is 0.426 e. The summed E-state index contributed by atoms with van der Waals surface area (Å²) >= 11 is 4.23. The lowest BCUT2D eigenvalue weighted by Gasteiger charge is -2.04. The van der Waals surface area contributed by atoms with Crippen molar-refractivity contribution in [2.24, 2.45) is 0 Å². The van der Waals surface area contributed by atoms with E-state index in [1.54, 1.807) is 0 Å². The van der Waals surface area contributed by atoms with E-state index in [1.807, 2.05) is 0 Å². The molecule has 0 atom stereocenters. The van der Waals surface area contributed by atoms with Crippen LogP contribution < -0.4 is 0 Å². The standard InChI is InChI=1S/C4ClF5O/c5-2(11)1(3(6)7)4(8,9)10. The maximum atomic E-state index is 11.4. The Bertz CT molecular complexity index is 201. The summed E-state index contributed by atoms with van der Waals surface area (Å²) in [4.78, 5) is 9.74. The second-order valence-electron chi connectivity index (χ2n) is 1.41. The van der Waals surface area contributed by atoms with Crippen LogP contribution in [0.2, 0.25) is 0 Å². The summed E-state index contributed by atoms with van der Waals surface area (Å²) < 4.78 is 56.7. The van der Waals surface area contributed by atoms with Gasteiger partial charge < -0.3 is 0 Å². The monoisotopic (exact) mass is 194 g/mol. The van der Waals surface area contributed by atoms with Gasteiger partial charge in [-0.15, -0.1) is 0 Å². The summed E-state index contributed by atoms with van der Waals surface area (Å²) in [6, 6.07) is 0. The minimum atomic E-state index is -5.39. The molecule has 0 aliphatic rings. The summed E-state index contributed by atoms with van der Waals surface area (Å²) in [6.45, 7) is 0. The van der Waals surface area contributed by atoms with Gasteiger partial charge in [-0.05, 0) is 11.6 Å². The molecule has 64 valence electrons. The van der Waals surface area contributed by atoms with Gasteiger partial charge in [0.05, 0.1) is 0 Å². The van der Waals surface area contributed by atoms with Crippen LogP contribution in [0, 0.1) is 0 Å². The van der Waals surface area contributed by atoms with Gasteiger partial charge in [-0.25, -0.2) is 0 Å². The number of alkyl halides is 3. The highest BCUT2D eigenvalue weighted by atomic mass is 35.5. The minimum absolute atomic E-state index is 2.21. The van der Waals surface area contributed by atoms with E-state index in [-0.39, 0.29) is 0 Å². The fourth-order valence-electron chi connectivity index (χ4n) is 0.293. The van der Waals surface area contributed by atoms with Crippen LogP contribution in [0.1, 0.15) is 0 Å². The van der Waals surface area contributed by atoms with Crippen LogP contribution in [-0.4, -0.2) is 11.4 Å². The van der Waals surface area contributed by atoms with Crippen molar-refractivity contribution < 1.29 is 26.7 Å². The Balaban J connectivity index is 4.96. The summed E-state index contributed by atoms with van der Waals surface area (Å²) in [5, 5.41) is -2.21. The predicted octanol–water partition coefficient (Wildman–Crippen LogP) is 2.46. The number of rotatable bonds is 1. The molecule has 0 aromatic heterocycles. The van der Waals surface area contributed by atoms with Crippen LogP contribution in [0.5, 0.6) is 0 Å². The Labute approximate surface area is 62.4 Å². The van der Waals surface area contributed by atoms with Gasteiger partial charge in [0, 0.05) is 0 Å². The van der Waals surface area contributed by atoms with Crippen molar-refractivity contribution in [3.05, 3.63) is 11.7 Å². The Hall–Kier alpha value is -0.650. The number of carbonyl (C=O) groups excluding carboxylic acids is 1. The third-order valence-electron chi connectivity index (χ3n) is 0.669. The van der Waals surface area contributed by atoms with E-state index >= 15 is 0 Å². The average Bonchev–Trinajstić information content (AvgIpc) is 1.54. The molecule has 0 heterocycles. The molecule has 0 fully saturated rings. The van der Waals surface area contributed by atoms with Crippen LogP contribution >= 0.6 is 11.6 Å². The smallest absolute Gasteiger partial charge is 0.275 e. The molecule has 0 rings (SSSR count). The molecule has 0 aromatic rings. The zero-order valence-electron chi connectivity index (χ0n) is 4.68. The van der Waals surface area contributed by atoms with Gasteiger partial charge in [0.15, 0.2) is 5.57 Å². The van der Waals surface area contributed by atoms with Gasteiger partial charge in [0.25, 0.3) is 11.3 Å². The molecular formula is C4ClF5O. The Morgan fingerprint density at radius 1 is 1.18 bits per heavy atom. The van der Waals surface area contributed by atoms with Gasteiger partial charge in [-0.3, -0.25) is 4.79 Å². The Morgan fingerprint density at radius 2 is 1.55 bits per heavy atom. The maximum Gasteiger partial charge on any atom is 0.426 e. The van der Waals surface area contributed by atoms with Gasteiger partial charge in [-0.2, -0.15) is 22.0 Å². The van der Waals surface area contributed by atoms with E-state index in [2.05, 4.69) is 11.6 Å². The average molecular weight is 194 g/mol. The summed E-state index contributed by atoms with van der Waals surface area (Å²) in [5.41, 5.74) is -2.61. The molecule has 0 amide bonds. The topological polar surface area (TPSA) is 17.1 Å². The third-order valence-corrected chi connectivity index (χ3v) is 0.858. The third kappa shape index (κ3) is 2.83. The Kier molecular flexibility index (Phi) is 2.98. The highest BCUT2D eigenvalue weighted by Crippen LogP contribution is 2.30. The molecule has 0 saturated heterocycles. The van der Waals surface area contributed by atoms with E-state index in [0.29, 0.717) is 0 Å². The fraction of sp³-hybridized carbons (Fsp3) is 0.250. The van der Waals surface area contributed by atoms with Gasteiger partial charge >= 0.3 is 6.18 Å². The van der Waals surface area contributed by atoms with Crippen molar-refractivity contribution in [1.29, 1.82) is 0 Å². The fourth-order valence-corrected chi connectivity index (χ4v) is 0.471. The second kappa shape index (κ2) is 3.17. The van der Waals surface area contributed by atoms with Crippen molar-refractivity contribution in [2.75, 3.05) is 0 Å². The maximum absolute atomic E-state index is 11.4. The molecule has 11 heavy (non-hydrogen) atoms. The molecule has 0 bridgehead atoms. The van der Waals surface area contributed by atoms with E-state index in [4.69, 9.17) is 0 Å². The first-order valence-corrected chi connectivity index (χ1v) is 2.47. The lowest BCUT2D eigenvalue weighted by molar-refractivity contribution is -0.124. The molecule has 0 aromatic carbocycles. The lowest BCUT2D eigenvalue weighted by Crippen LogP contribution is -2.17. The number of carbonyl (C=O) groups is 1. The normalized spacial score (nSPS) is 11.1. The highest BCUT2D eigenvalue weighted by Gasteiger charge is 2.42. The minimum Gasteiger partial charge on any atom is -0.275 e. The molecule has 0 saturated carbocycles. The van der Waals surface area contributed by atoms with Crippen molar-refractivity contribution >= 4 is 16.8 Å². The Morgan fingerprint density at radius 3 is 1.55 bits per heavy atom. The first-order chi connectivity index (χ1) is 4.76. The number of halogens is 6. The molecule has 1 nitrogen and oxygen atoms in total. The lowest BCUT2D eigenvalue weighted by atomic mass is 10.3. The first-order valence-electron chi connectivity index (χ1n) is 2.09. The molecule has 0 radical (unpaired) electrons. The summed E-state index contributed by atoms with van der Waals surface area (Å²) in [5.74, 6) is 0. The number of allylic oxidation sites excluding steroid dienone is 1. The number of hydrogen-bond donors (Lipinski definition) is 0. The molecular weight excluding hydrogens is 194 g/mol. The van der Waals surface area contributed by atoms with E-state index < -0.39 is 23.1 Å². The van der Waals surface area contributed by atoms with E-state index in [9.17, 15) is 26.7 Å². The van der Waals surface area contributed by atoms with Gasteiger partial charge in [0.1, 0.15) is 0 Å². The van der Waals surface area contributed by atoms with E-state index in [1.165, 1.54) is 0 Å². The van der Waals surface area contributed by atoms with Crippen LogP contribution in [-0.2, 0) is 4.79 Å². The quantitative estimate of drug-likeness (QED) is 0.356. The van der Waals surface area contributed by atoms with Crippen LogP contribution in [0.3, 0.4) is 0 Å². The van der Waals surface area contributed by atoms with Crippen molar-refractivity contribution in [2.45, 2.75) is 6.18 Å². The van der Waals surface area contributed by atoms with Crippen LogP contribution in [0.15, 0.2) is 11.7 Å². The molecule has 0 aliphatic carbocycles. The molecule has 0 aliphatic heterocycles. The zero-order valence-corrected chi connectivity index (χ0v) is 5.43. The summed E-state index contributed by atoms with van der Waals surface area (Å²) in [6.07, 6.45) is -8.52. The molecule has 0 spiro atoms. The van der Waals surface area contributed by atoms with E-state index in [0.717, 1.165) is 0 Å². The molecule has 0 unspecified atom stereocenters. The first kappa shape index (κ1) is 10.3. The second-order valence-corrected chi connectivity index (χ2v) is 1.75. The van der Waals surface area contributed by atoms with Crippen LogP contribution in [0.4, 0.5) is 22.0 Å². The number of hydrogen-bond acceptors (Lipinski definition) is 1.